The molecule has 0 fully saturated rings. The summed E-state index contributed by atoms with van der Waals surface area (Å²) < 4.78 is 5.11. The molecule has 0 unspecified atom stereocenters. The van der Waals surface area contributed by atoms with Crippen molar-refractivity contribution in [1.29, 1.82) is 0 Å². The summed E-state index contributed by atoms with van der Waals surface area (Å²) in [6.45, 7) is 0. The first kappa shape index (κ1) is 15.4. The van der Waals surface area contributed by atoms with Crippen molar-refractivity contribution in [1.82, 2.24) is 0 Å². The maximum atomic E-state index is 11.9. The smallest absolute Gasteiger partial charge is 0.224 e. The van der Waals surface area contributed by atoms with Crippen LogP contribution in [-0.4, -0.2) is 13.0 Å². The molecule has 1 N–H and O–H groups in total. The molecule has 3 nitrogen and oxygen atoms in total. The summed E-state index contributed by atoms with van der Waals surface area (Å²) in [7, 11) is 1.65. The van der Waals surface area contributed by atoms with Gasteiger partial charge in [0.25, 0.3) is 0 Å². The van der Waals surface area contributed by atoms with E-state index < -0.39 is 0 Å². The fourth-order valence-corrected chi connectivity index (χ4v) is 2.20. The molecule has 110 valence electrons. The lowest BCUT2D eigenvalue weighted by molar-refractivity contribution is -0.116. The van der Waals surface area contributed by atoms with E-state index in [9.17, 15) is 4.79 Å². The van der Waals surface area contributed by atoms with Crippen LogP contribution in [0.25, 0.3) is 0 Å². The quantitative estimate of drug-likeness (QED) is 0.863. The van der Waals surface area contributed by atoms with Gasteiger partial charge in [0, 0.05) is 6.42 Å². The van der Waals surface area contributed by atoms with Crippen LogP contribution >= 0.6 is 11.6 Å². The summed E-state index contributed by atoms with van der Waals surface area (Å²) >= 11 is 6.00. The molecule has 0 heterocycles. The number of amides is 1. The van der Waals surface area contributed by atoms with Gasteiger partial charge in [-0.05, 0) is 42.7 Å². The summed E-state index contributed by atoms with van der Waals surface area (Å²) in [5.74, 6) is 0.826. The summed E-state index contributed by atoms with van der Waals surface area (Å²) in [6.07, 6.45) is 2.12. The minimum atomic E-state index is -0.0170. The summed E-state index contributed by atoms with van der Waals surface area (Å²) in [4.78, 5) is 11.9. The normalized spacial score (nSPS) is 10.2. The highest BCUT2D eigenvalue weighted by Crippen LogP contribution is 2.20. The number of para-hydroxylation sites is 1. The molecule has 2 aromatic carbocycles. The second-order valence-corrected chi connectivity index (χ2v) is 5.14. The van der Waals surface area contributed by atoms with E-state index in [1.54, 1.807) is 19.2 Å². The lowest BCUT2D eigenvalue weighted by atomic mass is 10.1. The van der Waals surface area contributed by atoms with Crippen LogP contribution in [0, 0.1) is 0 Å². The zero-order valence-electron chi connectivity index (χ0n) is 11.9. The third-order valence-electron chi connectivity index (χ3n) is 3.18. The molecule has 0 radical (unpaired) electrons. The van der Waals surface area contributed by atoms with Gasteiger partial charge in [-0.25, -0.2) is 0 Å². The highest BCUT2D eigenvalue weighted by molar-refractivity contribution is 6.33. The van der Waals surface area contributed by atoms with E-state index in [4.69, 9.17) is 16.3 Å². The molecular formula is C17H18ClNO2. The van der Waals surface area contributed by atoms with Gasteiger partial charge in [-0.3, -0.25) is 4.79 Å². The lowest BCUT2D eigenvalue weighted by Gasteiger charge is -2.07. The number of halogens is 1. The Bertz CT molecular complexity index is 596. The van der Waals surface area contributed by atoms with E-state index in [1.165, 1.54) is 5.56 Å². The average molecular weight is 304 g/mol. The van der Waals surface area contributed by atoms with Crippen LogP contribution in [0.15, 0.2) is 48.5 Å². The van der Waals surface area contributed by atoms with Gasteiger partial charge < -0.3 is 10.1 Å². The highest BCUT2D eigenvalue weighted by Gasteiger charge is 2.05. The van der Waals surface area contributed by atoms with Gasteiger partial charge in [-0.15, -0.1) is 0 Å². The van der Waals surface area contributed by atoms with Crippen molar-refractivity contribution in [2.45, 2.75) is 19.3 Å². The Kier molecular flexibility index (Phi) is 5.64. The fraction of sp³-hybridized carbons (Fsp3) is 0.235. The first-order valence-corrected chi connectivity index (χ1v) is 7.24. The molecule has 2 rings (SSSR count). The molecule has 0 saturated heterocycles. The number of aryl methyl sites for hydroxylation is 1. The van der Waals surface area contributed by atoms with Crippen LogP contribution in [0.1, 0.15) is 18.4 Å². The van der Waals surface area contributed by atoms with Gasteiger partial charge in [0.05, 0.1) is 17.8 Å². The van der Waals surface area contributed by atoms with Crippen LogP contribution < -0.4 is 10.1 Å². The molecule has 0 spiro atoms. The van der Waals surface area contributed by atoms with Crippen LogP contribution in [0.2, 0.25) is 5.02 Å². The minimum absolute atomic E-state index is 0.0170. The maximum Gasteiger partial charge on any atom is 0.224 e. The second kappa shape index (κ2) is 7.70. The Labute approximate surface area is 129 Å². The molecule has 2 aromatic rings. The first-order chi connectivity index (χ1) is 10.2. The SMILES string of the molecule is COc1ccc(CCCC(=O)Nc2ccccc2Cl)cc1. The van der Waals surface area contributed by atoms with Crippen molar-refractivity contribution in [3.63, 3.8) is 0 Å². The van der Waals surface area contributed by atoms with Crippen molar-refractivity contribution in [3.05, 3.63) is 59.1 Å². The Morgan fingerprint density at radius 2 is 1.86 bits per heavy atom. The third-order valence-corrected chi connectivity index (χ3v) is 3.51. The van der Waals surface area contributed by atoms with Crippen LogP contribution in [0.4, 0.5) is 5.69 Å². The minimum Gasteiger partial charge on any atom is -0.497 e. The highest BCUT2D eigenvalue weighted by atomic mass is 35.5. The summed E-state index contributed by atoms with van der Waals surface area (Å²) in [5.41, 5.74) is 1.86. The molecule has 0 aliphatic carbocycles. The largest absolute Gasteiger partial charge is 0.497 e. The number of nitrogens with one attached hydrogen (secondary N) is 1. The predicted octanol–water partition coefficient (Wildman–Crippen LogP) is 4.31. The van der Waals surface area contributed by atoms with Gasteiger partial charge in [0.1, 0.15) is 5.75 Å². The van der Waals surface area contributed by atoms with Crippen LogP contribution in [0.3, 0.4) is 0 Å². The fourth-order valence-electron chi connectivity index (χ4n) is 2.02. The topological polar surface area (TPSA) is 38.3 Å². The van der Waals surface area contributed by atoms with E-state index in [0.717, 1.165) is 18.6 Å². The van der Waals surface area contributed by atoms with Gasteiger partial charge in [-0.2, -0.15) is 0 Å². The number of rotatable bonds is 6. The lowest BCUT2D eigenvalue weighted by Crippen LogP contribution is -2.11. The zero-order chi connectivity index (χ0) is 15.1. The molecule has 0 bridgehead atoms. The van der Waals surface area contributed by atoms with Crippen molar-refractivity contribution >= 4 is 23.2 Å². The zero-order valence-corrected chi connectivity index (χ0v) is 12.7. The average Bonchev–Trinajstić information content (AvgIpc) is 2.50. The van der Waals surface area contributed by atoms with Crippen molar-refractivity contribution in [3.8, 4) is 5.75 Å². The van der Waals surface area contributed by atoms with Gasteiger partial charge >= 0.3 is 0 Å². The molecule has 0 saturated carbocycles. The van der Waals surface area contributed by atoms with Gasteiger partial charge in [-0.1, -0.05) is 35.9 Å². The third kappa shape index (κ3) is 4.80. The van der Waals surface area contributed by atoms with E-state index in [0.29, 0.717) is 17.1 Å². The van der Waals surface area contributed by atoms with E-state index in [1.807, 2.05) is 36.4 Å². The number of anilines is 1. The Morgan fingerprint density at radius 1 is 1.14 bits per heavy atom. The van der Waals surface area contributed by atoms with Gasteiger partial charge in [0.15, 0.2) is 0 Å². The molecular weight excluding hydrogens is 286 g/mol. The Balaban J connectivity index is 1.77. The van der Waals surface area contributed by atoms with E-state index in [-0.39, 0.29) is 5.91 Å². The molecule has 1 amide bonds. The summed E-state index contributed by atoms with van der Waals surface area (Å²) in [6, 6.07) is 15.1. The number of benzene rings is 2. The monoisotopic (exact) mass is 303 g/mol. The number of ether oxygens (including phenoxy) is 1. The van der Waals surface area contributed by atoms with Gasteiger partial charge in [0.2, 0.25) is 5.91 Å². The summed E-state index contributed by atoms with van der Waals surface area (Å²) in [5, 5.41) is 3.38. The second-order valence-electron chi connectivity index (χ2n) is 4.73. The Morgan fingerprint density at radius 3 is 2.52 bits per heavy atom. The standard InChI is InChI=1S/C17H18ClNO2/c1-21-14-11-9-13(10-12-14)5-4-8-17(20)19-16-7-3-2-6-15(16)18/h2-3,6-7,9-12H,4-5,8H2,1H3,(H,19,20). The van der Waals surface area contributed by atoms with Crippen molar-refractivity contribution in [2.75, 3.05) is 12.4 Å². The number of carbonyl (C=O) groups is 1. The number of hydrogen-bond donors (Lipinski definition) is 1. The van der Waals surface area contributed by atoms with Crippen LogP contribution in [-0.2, 0) is 11.2 Å². The molecule has 0 aliphatic heterocycles. The molecule has 0 atom stereocenters. The maximum absolute atomic E-state index is 11.9. The molecule has 0 aromatic heterocycles. The Hall–Kier alpha value is -2.00. The number of hydrogen-bond acceptors (Lipinski definition) is 2. The van der Waals surface area contributed by atoms with E-state index in [2.05, 4.69) is 5.32 Å². The predicted molar refractivity (Wildman–Crippen MR) is 86.0 cm³/mol. The first-order valence-electron chi connectivity index (χ1n) is 6.86. The van der Waals surface area contributed by atoms with Crippen LogP contribution in [0.5, 0.6) is 5.75 Å². The number of methoxy groups -OCH3 is 1. The molecule has 4 heteroatoms. The molecule has 21 heavy (non-hydrogen) atoms. The van der Waals surface area contributed by atoms with Crippen molar-refractivity contribution < 1.29 is 9.53 Å². The molecule has 0 aliphatic rings. The van der Waals surface area contributed by atoms with E-state index >= 15 is 0 Å². The number of carbonyl (C=O) groups excluding carboxylic acids is 1. The van der Waals surface area contributed by atoms with Crippen molar-refractivity contribution in [2.24, 2.45) is 0 Å².